The second-order valence-electron chi connectivity index (χ2n) is 8.67. The number of rotatable bonds is 3. The standard InChI is InChI=1S/C19H23N7O4/c27-17-16(26(29)30)5-4-15-14-8-13(10-24(15)17)9-23(11-14)18(28)19(6-2-1-3-7-19)25-12-20-21-22-25/h4-5,12-14H,1-3,6-11H2/t13-,14-/m0/s1. The number of amides is 1. The average molecular weight is 413 g/mol. The van der Waals surface area contributed by atoms with Crippen LogP contribution in [-0.2, 0) is 16.9 Å². The van der Waals surface area contributed by atoms with Gasteiger partial charge in [-0.15, -0.1) is 5.10 Å². The predicted octanol–water partition coefficient (Wildman–Crippen LogP) is 1.05. The highest BCUT2D eigenvalue weighted by molar-refractivity contribution is 5.84. The zero-order valence-corrected chi connectivity index (χ0v) is 16.5. The third-order valence-corrected chi connectivity index (χ3v) is 6.93. The van der Waals surface area contributed by atoms with Crippen molar-refractivity contribution in [2.45, 2.75) is 56.5 Å². The number of nitrogens with zero attached hydrogens (tertiary/aromatic N) is 7. The van der Waals surface area contributed by atoms with E-state index in [-0.39, 0.29) is 17.7 Å². The molecule has 0 spiro atoms. The first-order valence-corrected chi connectivity index (χ1v) is 10.4. The maximum atomic E-state index is 13.8. The van der Waals surface area contributed by atoms with Crippen molar-refractivity contribution < 1.29 is 9.72 Å². The van der Waals surface area contributed by atoms with E-state index in [0.717, 1.165) is 31.4 Å². The number of fused-ring (bicyclic) bond motifs is 4. The molecule has 4 heterocycles. The quantitative estimate of drug-likeness (QED) is 0.543. The van der Waals surface area contributed by atoms with Crippen LogP contribution in [0.2, 0.25) is 0 Å². The molecule has 2 aliphatic heterocycles. The summed E-state index contributed by atoms with van der Waals surface area (Å²) in [5.74, 6) is 0.126. The minimum absolute atomic E-state index is 0.00975. The lowest BCUT2D eigenvalue weighted by molar-refractivity contribution is -0.386. The van der Waals surface area contributed by atoms with Gasteiger partial charge in [0.25, 0.3) is 5.91 Å². The molecule has 2 aromatic heterocycles. The van der Waals surface area contributed by atoms with Gasteiger partial charge in [0.1, 0.15) is 11.9 Å². The van der Waals surface area contributed by atoms with E-state index in [1.165, 1.54) is 17.0 Å². The number of carbonyl (C=O) groups excluding carboxylic acids is 1. The Kier molecular flexibility index (Phi) is 4.40. The largest absolute Gasteiger partial charge is 0.340 e. The summed E-state index contributed by atoms with van der Waals surface area (Å²) in [6, 6.07) is 2.96. The first-order chi connectivity index (χ1) is 14.5. The summed E-state index contributed by atoms with van der Waals surface area (Å²) in [7, 11) is 0. The van der Waals surface area contributed by atoms with Crippen LogP contribution in [0.3, 0.4) is 0 Å². The van der Waals surface area contributed by atoms with Gasteiger partial charge in [-0.3, -0.25) is 19.7 Å². The molecule has 0 aromatic carbocycles. The first kappa shape index (κ1) is 18.9. The molecule has 3 aliphatic rings. The summed E-state index contributed by atoms with van der Waals surface area (Å²) < 4.78 is 3.16. The lowest BCUT2D eigenvalue weighted by Gasteiger charge is -2.46. The van der Waals surface area contributed by atoms with Crippen LogP contribution in [0.1, 0.15) is 50.1 Å². The molecule has 0 unspecified atom stereocenters. The topological polar surface area (TPSA) is 129 Å². The maximum Gasteiger partial charge on any atom is 0.334 e. The molecule has 30 heavy (non-hydrogen) atoms. The average Bonchev–Trinajstić information content (AvgIpc) is 3.29. The second kappa shape index (κ2) is 6.99. The molecule has 11 nitrogen and oxygen atoms in total. The molecule has 1 saturated carbocycles. The maximum absolute atomic E-state index is 13.8. The number of carbonyl (C=O) groups is 1. The van der Waals surface area contributed by atoms with Gasteiger partial charge in [0.05, 0.1) is 4.92 Å². The number of hydrogen-bond acceptors (Lipinski definition) is 7. The van der Waals surface area contributed by atoms with Crippen LogP contribution in [0.25, 0.3) is 0 Å². The predicted molar refractivity (Wildman–Crippen MR) is 104 cm³/mol. The number of tetrazole rings is 1. The number of likely N-dealkylation sites (tertiary alicyclic amines) is 1. The minimum atomic E-state index is -0.747. The van der Waals surface area contributed by atoms with Gasteiger partial charge in [-0.2, -0.15) is 0 Å². The van der Waals surface area contributed by atoms with Gasteiger partial charge in [-0.25, -0.2) is 4.68 Å². The number of nitro groups is 1. The van der Waals surface area contributed by atoms with Crippen molar-refractivity contribution in [3.8, 4) is 0 Å². The summed E-state index contributed by atoms with van der Waals surface area (Å²) in [6.07, 6.45) is 6.83. The fourth-order valence-corrected chi connectivity index (χ4v) is 5.57. The Labute approximate surface area is 171 Å². The van der Waals surface area contributed by atoms with Gasteiger partial charge in [-0.05, 0) is 41.7 Å². The van der Waals surface area contributed by atoms with Gasteiger partial charge in [-0.1, -0.05) is 19.3 Å². The van der Waals surface area contributed by atoms with Crippen molar-refractivity contribution in [3.63, 3.8) is 0 Å². The van der Waals surface area contributed by atoms with E-state index in [9.17, 15) is 19.7 Å². The van der Waals surface area contributed by atoms with E-state index >= 15 is 0 Å². The zero-order chi connectivity index (χ0) is 20.9. The molecular weight excluding hydrogens is 390 g/mol. The molecule has 0 radical (unpaired) electrons. The van der Waals surface area contributed by atoms with Gasteiger partial charge in [0, 0.05) is 37.3 Å². The SMILES string of the molecule is O=C(N1C[C@@H]2C[C@@H](C1)c1ccc([N+](=O)[O-])c(=O)n1C2)C1(n2cnnn2)CCCCC1. The Bertz CT molecular complexity index is 1040. The van der Waals surface area contributed by atoms with E-state index in [0.29, 0.717) is 32.5 Å². The van der Waals surface area contributed by atoms with E-state index in [1.54, 1.807) is 10.7 Å². The fraction of sp³-hybridized carbons (Fsp3) is 0.632. The lowest BCUT2D eigenvalue weighted by Crippen LogP contribution is -2.57. The molecule has 1 saturated heterocycles. The third-order valence-electron chi connectivity index (χ3n) is 6.93. The van der Waals surface area contributed by atoms with Gasteiger partial charge >= 0.3 is 11.2 Å². The summed E-state index contributed by atoms with van der Waals surface area (Å²) in [4.78, 5) is 38.8. The first-order valence-electron chi connectivity index (χ1n) is 10.4. The Morgan fingerprint density at radius 3 is 2.67 bits per heavy atom. The lowest BCUT2D eigenvalue weighted by atomic mass is 9.78. The smallest absolute Gasteiger partial charge is 0.334 e. The Morgan fingerprint density at radius 2 is 1.97 bits per heavy atom. The van der Waals surface area contributed by atoms with E-state index in [2.05, 4.69) is 15.5 Å². The highest BCUT2D eigenvalue weighted by atomic mass is 16.6. The molecule has 2 aromatic rings. The second-order valence-corrected chi connectivity index (χ2v) is 8.67. The fourth-order valence-electron chi connectivity index (χ4n) is 5.57. The van der Waals surface area contributed by atoms with Crippen molar-refractivity contribution in [1.82, 2.24) is 29.7 Å². The van der Waals surface area contributed by atoms with Crippen LogP contribution in [0.4, 0.5) is 5.69 Å². The number of hydrogen-bond donors (Lipinski definition) is 0. The van der Waals surface area contributed by atoms with Gasteiger partial charge < -0.3 is 9.47 Å². The summed E-state index contributed by atoms with van der Waals surface area (Å²) in [6.45, 7) is 1.43. The van der Waals surface area contributed by atoms with Crippen LogP contribution < -0.4 is 5.56 Å². The molecular formula is C19H23N7O4. The normalized spacial score (nSPS) is 24.9. The van der Waals surface area contributed by atoms with Crippen LogP contribution in [0, 0.1) is 16.0 Å². The number of piperidine rings is 1. The molecule has 11 heteroatoms. The molecule has 158 valence electrons. The van der Waals surface area contributed by atoms with Crippen molar-refractivity contribution in [3.05, 3.63) is 44.6 Å². The van der Waals surface area contributed by atoms with Crippen molar-refractivity contribution >= 4 is 11.6 Å². The number of pyridine rings is 1. The Hall–Kier alpha value is -3.11. The minimum Gasteiger partial charge on any atom is -0.340 e. The van der Waals surface area contributed by atoms with E-state index < -0.39 is 21.7 Å². The molecule has 0 N–H and O–H groups in total. The monoisotopic (exact) mass is 413 g/mol. The highest BCUT2D eigenvalue weighted by Gasteiger charge is 2.47. The molecule has 1 aliphatic carbocycles. The zero-order valence-electron chi connectivity index (χ0n) is 16.5. The van der Waals surface area contributed by atoms with Gasteiger partial charge in [0.15, 0.2) is 0 Å². The third kappa shape index (κ3) is 2.83. The summed E-state index contributed by atoms with van der Waals surface area (Å²) >= 11 is 0. The highest BCUT2D eigenvalue weighted by Crippen LogP contribution is 2.40. The van der Waals surface area contributed by atoms with Crippen LogP contribution in [0.15, 0.2) is 23.3 Å². The molecule has 2 fully saturated rings. The van der Waals surface area contributed by atoms with E-state index in [4.69, 9.17) is 0 Å². The summed E-state index contributed by atoms with van der Waals surface area (Å²) in [5, 5.41) is 22.7. The Balaban J connectivity index is 1.47. The van der Waals surface area contributed by atoms with Crippen molar-refractivity contribution in [2.75, 3.05) is 13.1 Å². The molecule has 2 atom stereocenters. The van der Waals surface area contributed by atoms with Crippen LogP contribution in [0.5, 0.6) is 0 Å². The van der Waals surface area contributed by atoms with Crippen LogP contribution >= 0.6 is 0 Å². The van der Waals surface area contributed by atoms with Gasteiger partial charge in [0.2, 0.25) is 0 Å². The van der Waals surface area contributed by atoms with E-state index in [1.807, 2.05) is 4.90 Å². The number of aromatic nitrogens is 5. The summed E-state index contributed by atoms with van der Waals surface area (Å²) in [5.41, 5.74) is -0.918. The van der Waals surface area contributed by atoms with Crippen molar-refractivity contribution in [2.24, 2.45) is 5.92 Å². The van der Waals surface area contributed by atoms with Crippen LogP contribution in [-0.4, -0.2) is 53.6 Å². The molecule has 1 amide bonds. The van der Waals surface area contributed by atoms with Crippen molar-refractivity contribution in [1.29, 1.82) is 0 Å². The molecule has 5 rings (SSSR count). The Morgan fingerprint density at radius 1 is 1.17 bits per heavy atom. The molecule has 2 bridgehead atoms.